The summed E-state index contributed by atoms with van der Waals surface area (Å²) in [6.45, 7) is 2.32. The Bertz CT molecular complexity index is 624. The molecule has 1 fully saturated rings. The quantitative estimate of drug-likeness (QED) is 0.638. The Labute approximate surface area is 124 Å². The van der Waals surface area contributed by atoms with E-state index in [2.05, 4.69) is 10.0 Å². The lowest BCUT2D eigenvalue weighted by molar-refractivity contribution is 0.0697. The summed E-state index contributed by atoms with van der Waals surface area (Å²) < 4.78 is 26.7. The van der Waals surface area contributed by atoms with E-state index in [4.69, 9.17) is 0 Å². The minimum Gasteiger partial charge on any atom is -0.478 e. The molecule has 0 saturated heterocycles. The van der Waals surface area contributed by atoms with Crippen LogP contribution in [0.1, 0.15) is 43.0 Å². The van der Waals surface area contributed by atoms with Gasteiger partial charge in [-0.1, -0.05) is 13.3 Å². The van der Waals surface area contributed by atoms with E-state index in [0.717, 1.165) is 25.7 Å². The van der Waals surface area contributed by atoms with E-state index in [9.17, 15) is 18.3 Å². The first-order chi connectivity index (χ1) is 9.94. The third-order valence-electron chi connectivity index (χ3n) is 3.29. The van der Waals surface area contributed by atoms with Gasteiger partial charge in [-0.15, -0.1) is 0 Å². The summed E-state index contributed by atoms with van der Waals surface area (Å²) in [6, 6.07) is 4.47. The predicted molar refractivity (Wildman–Crippen MR) is 80.1 cm³/mol. The van der Waals surface area contributed by atoms with Gasteiger partial charge in [0.15, 0.2) is 0 Å². The Morgan fingerprint density at radius 2 is 2.10 bits per heavy atom. The van der Waals surface area contributed by atoms with E-state index in [-0.39, 0.29) is 10.5 Å². The fourth-order valence-electron chi connectivity index (χ4n) is 1.91. The van der Waals surface area contributed by atoms with Crippen LogP contribution in [-0.4, -0.2) is 32.1 Å². The smallest absolute Gasteiger partial charge is 0.337 e. The number of rotatable bonds is 8. The molecule has 1 aliphatic carbocycles. The molecule has 1 aromatic carbocycles. The maximum Gasteiger partial charge on any atom is 0.337 e. The number of aromatic carboxylic acids is 1. The van der Waals surface area contributed by atoms with Crippen LogP contribution in [0.15, 0.2) is 23.1 Å². The number of nitrogens with one attached hydrogen (secondary N) is 2. The molecule has 0 amide bonds. The van der Waals surface area contributed by atoms with Crippen molar-refractivity contribution in [3.8, 4) is 0 Å². The summed E-state index contributed by atoms with van der Waals surface area (Å²) in [5, 5.41) is 12.3. The number of carboxylic acid groups (broad SMARTS) is 1. The topological polar surface area (TPSA) is 95.5 Å². The van der Waals surface area contributed by atoms with E-state index < -0.39 is 16.0 Å². The lowest BCUT2D eigenvalue weighted by atomic mass is 10.2. The molecule has 1 aliphatic rings. The highest BCUT2D eigenvalue weighted by Crippen LogP contribution is 2.28. The largest absolute Gasteiger partial charge is 0.478 e. The lowest BCUT2D eigenvalue weighted by Gasteiger charge is -2.11. The number of anilines is 1. The fourth-order valence-corrected chi connectivity index (χ4v) is 3.01. The Morgan fingerprint density at radius 3 is 2.67 bits per heavy atom. The van der Waals surface area contributed by atoms with Crippen molar-refractivity contribution in [1.82, 2.24) is 4.72 Å². The summed E-state index contributed by atoms with van der Waals surface area (Å²) in [5.41, 5.74) is 0.456. The van der Waals surface area contributed by atoms with E-state index in [0.29, 0.717) is 18.3 Å². The standard InChI is InChI=1S/C14H20N2O4S/c1-2-3-8-15-21(19,20)11-6-7-13(16-10-4-5-10)12(9-11)14(17)18/h6-7,9-10,15-16H,2-5,8H2,1H3,(H,17,18). The highest BCUT2D eigenvalue weighted by atomic mass is 32.2. The molecule has 0 atom stereocenters. The predicted octanol–water partition coefficient (Wildman–Crippen LogP) is 2.04. The van der Waals surface area contributed by atoms with Gasteiger partial charge in [0.05, 0.1) is 10.5 Å². The van der Waals surface area contributed by atoms with Crippen LogP contribution in [0.25, 0.3) is 0 Å². The SMILES string of the molecule is CCCCNS(=O)(=O)c1ccc(NC2CC2)c(C(=O)O)c1. The summed E-state index contributed by atoms with van der Waals surface area (Å²) in [4.78, 5) is 11.3. The molecule has 0 aliphatic heterocycles. The van der Waals surface area contributed by atoms with Crippen LogP contribution >= 0.6 is 0 Å². The second-order valence-electron chi connectivity index (χ2n) is 5.18. The fraction of sp³-hybridized carbons (Fsp3) is 0.500. The van der Waals surface area contributed by atoms with E-state index >= 15 is 0 Å². The van der Waals surface area contributed by atoms with Crippen molar-refractivity contribution >= 4 is 21.7 Å². The highest BCUT2D eigenvalue weighted by Gasteiger charge is 2.24. The van der Waals surface area contributed by atoms with Crippen molar-refractivity contribution in [2.45, 2.75) is 43.5 Å². The van der Waals surface area contributed by atoms with Gasteiger partial charge in [0.2, 0.25) is 10.0 Å². The van der Waals surface area contributed by atoms with Crippen molar-refractivity contribution in [1.29, 1.82) is 0 Å². The normalized spacial score (nSPS) is 14.9. The molecule has 0 radical (unpaired) electrons. The minimum absolute atomic E-state index is 0.0136. The van der Waals surface area contributed by atoms with Gasteiger partial charge in [0.1, 0.15) is 0 Å². The van der Waals surface area contributed by atoms with Crippen LogP contribution in [0.5, 0.6) is 0 Å². The van der Waals surface area contributed by atoms with Gasteiger partial charge in [-0.25, -0.2) is 17.9 Å². The number of carbonyl (C=O) groups is 1. The van der Waals surface area contributed by atoms with Gasteiger partial charge in [-0.05, 0) is 37.5 Å². The number of carboxylic acids is 1. The first-order valence-electron chi connectivity index (χ1n) is 7.07. The first kappa shape index (κ1) is 15.8. The summed E-state index contributed by atoms with van der Waals surface area (Å²) >= 11 is 0. The third kappa shape index (κ3) is 4.18. The number of hydrogen-bond acceptors (Lipinski definition) is 4. The Morgan fingerprint density at radius 1 is 1.38 bits per heavy atom. The van der Waals surface area contributed by atoms with Crippen LogP contribution in [0.3, 0.4) is 0 Å². The molecular formula is C14H20N2O4S. The van der Waals surface area contributed by atoms with Gasteiger partial charge in [-0.2, -0.15) is 0 Å². The second kappa shape index (κ2) is 6.44. The van der Waals surface area contributed by atoms with Gasteiger partial charge in [-0.3, -0.25) is 0 Å². The Hall–Kier alpha value is -1.60. The molecule has 0 unspecified atom stereocenters. The molecule has 0 bridgehead atoms. The van der Waals surface area contributed by atoms with Gasteiger partial charge in [0.25, 0.3) is 0 Å². The highest BCUT2D eigenvalue weighted by molar-refractivity contribution is 7.89. The van der Waals surface area contributed by atoms with E-state index in [1.807, 2.05) is 6.92 Å². The Kier molecular flexibility index (Phi) is 4.84. The summed E-state index contributed by atoms with van der Waals surface area (Å²) in [7, 11) is -3.66. The second-order valence-corrected chi connectivity index (χ2v) is 6.95. The zero-order chi connectivity index (χ0) is 15.5. The summed E-state index contributed by atoms with van der Waals surface area (Å²) in [6.07, 6.45) is 3.65. The van der Waals surface area contributed by atoms with Crippen molar-refractivity contribution in [3.63, 3.8) is 0 Å². The average molecular weight is 312 g/mol. The first-order valence-corrected chi connectivity index (χ1v) is 8.56. The van der Waals surface area contributed by atoms with Crippen molar-refractivity contribution in [3.05, 3.63) is 23.8 Å². The van der Waals surface area contributed by atoms with Crippen LogP contribution < -0.4 is 10.0 Å². The van der Waals surface area contributed by atoms with Gasteiger partial charge in [0, 0.05) is 18.3 Å². The molecule has 1 aromatic rings. The summed E-state index contributed by atoms with van der Waals surface area (Å²) in [5.74, 6) is -1.14. The molecular weight excluding hydrogens is 292 g/mol. The van der Waals surface area contributed by atoms with Crippen LogP contribution in [0.4, 0.5) is 5.69 Å². The number of hydrogen-bond donors (Lipinski definition) is 3. The van der Waals surface area contributed by atoms with E-state index in [1.165, 1.54) is 18.2 Å². The van der Waals surface area contributed by atoms with Crippen LogP contribution in [0.2, 0.25) is 0 Å². The molecule has 0 spiro atoms. The Balaban J connectivity index is 2.23. The zero-order valence-corrected chi connectivity index (χ0v) is 12.7. The van der Waals surface area contributed by atoms with Crippen molar-refractivity contribution < 1.29 is 18.3 Å². The molecule has 0 aromatic heterocycles. The van der Waals surface area contributed by atoms with Gasteiger partial charge < -0.3 is 10.4 Å². The zero-order valence-electron chi connectivity index (χ0n) is 11.9. The maximum absolute atomic E-state index is 12.1. The monoisotopic (exact) mass is 312 g/mol. The molecule has 21 heavy (non-hydrogen) atoms. The minimum atomic E-state index is -3.66. The van der Waals surface area contributed by atoms with Crippen LogP contribution in [0, 0.1) is 0 Å². The van der Waals surface area contributed by atoms with Crippen molar-refractivity contribution in [2.75, 3.05) is 11.9 Å². The molecule has 1 saturated carbocycles. The number of benzene rings is 1. The van der Waals surface area contributed by atoms with Gasteiger partial charge >= 0.3 is 5.97 Å². The lowest BCUT2D eigenvalue weighted by Crippen LogP contribution is -2.25. The van der Waals surface area contributed by atoms with Crippen LogP contribution in [-0.2, 0) is 10.0 Å². The maximum atomic E-state index is 12.1. The number of sulfonamides is 1. The average Bonchev–Trinajstić information content (AvgIpc) is 3.23. The van der Waals surface area contributed by atoms with Crippen molar-refractivity contribution in [2.24, 2.45) is 0 Å². The number of unbranched alkanes of at least 4 members (excludes halogenated alkanes) is 1. The van der Waals surface area contributed by atoms with E-state index in [1.54, 1.807) is 0 Å². The molecule has 7 heteroatoms. The molecule has 116 valence electrons. The molecule has 0 heterocycles. The third-order valence-corrected chi connectivity index (χ3v) is 4.75. The molecule has 6 nitrogen and oxygen atoms in total. The molecule has 3 N–H and O–H groups in total. The molecule has 2 rings (SSSR count).